The summed E-state index contributed by atoms with van der Waals surface area (Å²) in [5.74, 6) is 0.818. The van der Waals surface area contributed by atoms with Crippen LogP contribution in [-0.4, -0.2) is 35.3 Å². The quantitative estimate of drug-likeness (QED) is 0.801. The van der Waals surface area contributed by atoms with Gasteiger partial charge in [-0.05, 0) is 19.8 Å². The van der Waals surface area contributed by atoms with Gasteiger partial charge in [0.15, 0.2) is 15.7 Å². The Kier molecular flexibility index (Phi) is 3.79. The molecular formula is C11H16N2O4S. The predicted octanol–water partition coefficient (Wildman–Crippen LogP) is 0.711. The van der Waals surface area contributed by atoms with Crippen LogP contribution in [0.5, 0.6) is 0 Å². The Bertz CT molecular complexity index is 535. The van der Waals surface area contributed by atoms with Crippen LogP contribution in [0.15, 0.2) is 4.52 Å². The molecule has 0 radical (unpaired) electrons. The Labute approximate surface area is 106 Å². The first-order valence-electron chi connectivity index (χ1n) is 6.00. The fraction of sp³-hybridized carbons (Fsp3) is 0.727. The number of sulfone groups is 1. The van der Waals surface area contributed by atoms with E-state index < -0.39 is 15.1 Å². The van der Waals surface area contributed by atoms with Crippen molar-refractivity contribution in [1.29, 1.82) is 0 Å². The smallest absolute Gasteiger partial charge is 0.234 e. The summed E-state index contributed by atoms with van der Waals surface area (Å²) in [4.78, 5) is 14.9. The summed E-state index contributed by atoms with van der Waals surface area (Å²) in [6, 6.07) is 0. The van der Waals surface area contributed by atoms with E-state index in [0.29, 0.717) is 12.2 Å². The van der Waals surface area contributed by atoms with Crippen molar-refractivity contribution in [2.75, 3.05) is 5.75 Å². The molecule has 1 unspecified atom stereocenters. The zero-order valence-corrected chi connectivity index (χ0v) is 11.1. The van der Waals surface area contributed by atoms with E-state index in [0.717, 1.165) is 12.8 Å². The highest BCUT2D eigenvalue weighted by molar-refractivity contribution is 7.92. The van der Waals surface area contributed by atoms with Gasteiger partial charge in [-0.1, -0.05) is 11.6 Å². The lowest BCUT2D eigenvalue weighted by molar-refractivity contribution is -0.116. The van der Waals surface area contributed by atoms with Crippen molar-refractivity contribution < 1.29 is 17.7 Å². The van der Waals surface area contributed by atoms with Crippen LogP contribution in [0.4, 0.5) is 0 Å². The second-order valence-electron chi connectivity index (χ2n) is 4.67. The number of Topliss-reactive ketones (excluding diaryl/α,β-unsaturated/α-hetero) is 1. The van der Waals surface area contributed by atoms with Gasteiger partial charge in [-0.15, -0.1) is 0 Å². The van der Waals surface area contributed by atoms with Crippen LogP contribution in [0.2, 0.25) is 0 Å². The van der Waals surface area contributed by atoms with E-state index in [1.807, 2.05) is 0 Å². The average molecular weight is 272 g/mol. The lowest BCUT2D eigenvalue weighted by Crippen LogP contribution is -2.30. The van der Waals surface area contributed by atoms with Gasteiger partial charge in [0.25, 0.3) is 0 Å². The molecule has 1 aliphatic heterocycles. The summed E-state index contributed by atoms with van der Waals surface area (Å²) in [5, 5.41) is 3.32. The zero-order valence-electron chi connectivity index (χ0n) is 10.3. The number of carbonyl (C=O) groups is 1. The van der Waals surface area contributed by atoms with Crippen molar-refractivity contribution in [3.8, 4) is 0 Å². The predicted molar refractivity (Wildman–Crippen MR) is 63.8 cm³/mol. The fourth-order valence-electron chi connectivity index (χ4n) is 2.11. The van der Waals surface area contributed by atoms with Crippen molar-refractivity contribution in [3.63, 3.8) is 0 Å². The maximum absolute atomic E-state index is 11.8. The van der Waals surface area contributed by atoms with E-state index in [-0.39, 0.29) is 30.3 Å². The molecule has 1 aromatic rings. The molecule has 0 spiro atoms. The number of hydrogen-bond donors (Lipinski definition) is 0. The summed E-state index contributed by atoms with van der Waals surface area (Å²) in [7, 11) is -3.02. The van der Waals surface area contributed by atoms with Crippen LogP contribution < -0.4 is 0 Å². The molecule has 1 aromatic heterocycles. The Morgan fingerprint density at radius 2 is 2.22 bits per heavy atom. The SMILES string of the molecule is CC(=O)Cc1nc(CC2CCCCS2(=O)=O)no1. The largest absolute Gasteiger partial charge is 0.339 e. The van der Waals surface area contributed by atoms with Crippen molar-refractivity contribution >= 4 is 15.6 Å². The molecule has 1 fully saturated rings. The maximum Gasteiger partial charge on any atom is 0.234 e. The number of carbonyl (C=O) groups excluding carboxylic acids is 1. The highest BCUT2D eigenvalue weighted by atomic mass is 32.2. The summed E-state index contributed by atoms with van der Waals surface area (Å²) in [6.07, 6.45) is 2.69. The van der Waals surface area contributed by atoms with Gasteiger partial charge in [0.05, 0.1) is 17.4 Å². The molecule has 0 amide bonds. The number of aromatic nitrogens is 2. The standard InChI is InChI=1S/C11H16N2O4S/c1-8(14)6-11-12-10(13-17-11)7-9-4-2-3-5-18(9,15)16/h9H,2-7H2,1H3. The molecule has 7 heteroatoms. The van der Waals surface area contributed by atoms with Crippen molar-refractivity contribution in [2.45, 2.75) is 44.3 Å². The minimum absolute atomic E-state index is 0.0597. The second-order valence-corrected chi connectivity index (χ2v) is 7.07. The zero-order chi connectivity index (χ0) is 13.2. The van der Waals surface area contributed by atoms with E-state index >= 15 is 0 Å². The molecule has 0 aliphatic carbocycles. The molecule has 0 aromatic carbocycles. The third-order valence-electron chi connectivity index (χ3n) is 3.03. The van der Waals surface area contributed by atoms with Crippen LogP contribution in [0.25, 0.3) is 0 Å². The molecule has 2 rings (SSSR count). The van der Waals surface area contributed by atoms with Gasteiger partial charge in [0, 0.05) is 6.42 Å². The van der Waals surface area contributed by atoms with Gasteiger partial charge in [-0.3, -0.25) is 4.79 Å². The molecule has 0 N–H and O–H groups in total. The first-order valence-corrected chi connectivity index (χ1v) is 7.71. The molecule has 1 aliphatic rings. The van der Waals surface area contributed by atoms with E-state index in [2.05, 4.69) is 10.1 Å². The average Bonchev–Trinajstić information content (AvgIpc) is 2.68. The third kappa shape index (κ3) is 3.16. The highest BCUT2D eigenvalue weighted by Crippen LogP contribution is 2.22. The number of nitrogens with zero attached hydrogens (tertiary/aromatic N) is 2. The molecular weight excluding hydrogens is 256 g/mol. The Hall–Kier alpha value is -1.24. The van der Waals surface area contributed by atoms with Crippen molar-refractivity contribution in [3.05, 3.63) is 11.7 Å². The molecule has 0 saturated carbocycles. The number of hydrogen-bond acceptors (Lipinski definition) is 6. The van der Waals surface area contributed by atoms with E-state index in [1.165, 1.54) is 6.92 Å². The van der Waals surface area contributed by atoms with E-state index in [4.69, 9.17) is 4.52 Å². The maximum atomic E-state index is 11.8. The molecule has 1 atom stereocenters. The highest BCUT2D eigenvalue weighted by Gasteiger charge is 2.30. The van der Waals surface area contributed by atoms with E-state index in [1.54, 1.807) is 0 Å². The first kappa shape index (κ1) is 13.2. The normalized spacial score (nSPS) is 22.8. The third-order valence-corrected chi connectivity index (χ3v) is 5.31. The molecule has 2 heterocycles. The van der Waals surface area contributed by atoms with E-state index in [9.17, 15) is 13.2 Å². The summed E-state index contributed by atoms with van der Waals surface area (Å²) < 4.78 is 28.6. The Morgan fingerprint density at radius 1 is 1.44 bits per heavy atom. The number of rotatable bonds is 4. The Morgan fingerprint density at radius 3 is 2.89 bits per heavy atom. The molecule has 6 nitrogen and oxygen atoms in total. The first-order chi connectivity index (χ1) is 8.47. The van der Waals surface area contributed by atoms with Crippen LogP contribution in [-0.2, 0) is 27.5 Å². The van der Waals surface area contributed by atoms with Gasteiger partial charge in [0.1, 0.15) is 5.78 Å². The van der Waals surface area contributed by atoms with Gasteiger partial charge < -0.3 is 4.52 Å². The lowest BCUT2D eigenvalue weighted by Gasteiger charge is -2.20. The van der Waals surface area contributed by atoms with Gasteiger partial charge in [-0.25, -0.2) is 8.42 Å². The topological polar surface area (TPSA) is 90.1 Å². The van der Waals surface area contributed by atoms with Crippen LogP contribution in [0.3, 0.4) is 0 Å². The minimum atomic E-state index is -3.02. The fourth-order valence-corrected chi connectivity index (χ4v) is 3.98. The second kappa shape index (κ2) is 5.17. The van der Waals surface area contributed by atoms with Crippen LogP contribution >= 0.6 is 0 Å². The monoisotopic (exact) mass is 272 g/mol. The van der Waals surface area contributed by atoms with Crippen LogP contribution in [0, 0.1) is 0 Å². The Balaban J connectivity index is 2.04. The van der Waals surface area contributed by atoms with Gasteiger partial charge in [-0.2, -0.15) is 4.98 Å². The van der Waals surface area contributed by atoms with Crippen molar-refractivity contribution in [1.82, 2.24) is 10.1 Å². The van der Waals surface area contributed by atoms with Gasteiger partial charge in [0.2, 0.25) is 5.89 Å². The summed E-state index contributed by atoms with van der Waals surface area (Å²) in [5.41, 5.74) is 0. The van der Waals surface area contributed by atoms with Crippen LogP contribution in [0.1, 0.15) is 37.9 Å². The summed E-state index contributed by atoms with van der Waals surface area (Å²) in [6.45, 7) is 1.44. The summed E-state index contributed by atoms with van der Waals surface area (Å²) >= 11 is 0. The lowest BCUT2D eigenvalue weighted by atomic mass is 10.1. The molecule has 18 heavy (non-hydrogen) atoms. The number of ketones is 1. The molecule has 0 bridgehead atoms. The molecule has 1 saturated heterocycles. The van der Waals surface area contributed by atoms with Gasteiger partial charge >= 0.3 is 0 Å². The van der Waals surface area contributed by atoms with Crippen molar-refractivity contribution in [2.24, 2.45) is 0 Å². The molecule has 100 valence electrons. The minimum Gasteiger partial charge on any atom is -0.339 e.